The van der Waals surface area contributed by atoms with E-state index in [0.29, 0.717) is 32.3 Å². The van der Waals surface area contributed by atoms with Crippen LogP contribution in [0.15, 0.2) is 47.5 Å². The number of morpholine rings is 1. The standard InChI is InChI=1S/C24H32N4O4.HI/c1-25-24(27-20-6-7-22-23(17-20)32-12-3-11-31-22)26-18-19-4-2-5-21(16-19)30-15-10-28-8-13-29-14-9-28;/h2,4-7,16-17H,3,8-15,18H2,1H3,(H2,25,26,27);1H. The van der Waals surface area contributed by atoms with E-state index in [4.69, 9.17) is 18.9 Å². The summed E-state index contributed by atoms with van der Waals surface area (Å²) in [7, 11) is 1.75. The number of guanidine groups is 1. The highest BCUT2D eigenvalue weighted by Gasteiger charge is 2.12. The Morgan fingerprint density at radius 1 is 1.03 bits per heavy atom. The predicted octanol–water partition coefficient (Wildman–Crippen LogP) is 3.36. The zero-order chi connectivity index (χ0) is 22.0. The summed E-state index contributed by atoms with van der Waals surface area (Å²) in [6, 6.07) is 14.0. The maximum absolute atomic E-state index is 5.96. The van der Waals surface area contributed by atoms with Gasteiger partial charge in [-0.25, -0.2) is 0 Å². The number of aliphatic imine (C=N–C) groups is 1. The number of hydrogen-bond donors (Lipinski definition) is 2. The van der Waals surface area contributed by atoms with E-state index in [9.17, 15) is 0 Å². The second kappa shape index (κ2) is 13.5. The number of anilines is 1. The van der Waals surface area contributed by atoms with E-state index >= 15 is 0 Å². The summed E-state index contributed by atoms with van der Waals surface area (Å²) in [6.07, 6.45) is 0.886. The average molecular weight is 568 g/mol. The number of ether oxygens (including phenoxy) is 4. The predicted molar refractivity (Wildman–Crippen MR) is 140 cm³/mol. The lowest BCUT2D eigenvalue weighted by molar-refractivity contribution is 0.0322. The van der Waals surface area contributed by atoms with E-state index in [1.54, 1.807) is 7.05 Å². The molecule has 4 rings (SSSR count). The molecule has 2 aromatic rings. The number of benzene rings is 2. The van der Waals surface area contributed by atoms with Gasteiger partial charge in [0, 0.05) is 51.4 Å². The summed E-state index contributed by atoms with van der Waals surface area (Å²) in [5, 5.41) is 6.66. The molecule has 2 heterocycles. The summed E-state index contributed by atoms with van der Waals surface area (Å²) in [5.41, 5.74) is 2.01. The van der Waals surface area contributed by atoms with Crippen LogP contribution in [0.1, 0.15) is 12.0 Å². The molecule has 8 nitrogen and oxygen atoms in total. The first-order valence-corrected chi connectivity index (χ1v) is 11.2. The minimum atomic E-state index is 0. The van der Waals surface area contributed by atoms with Gasteiger partial charge in [-0.1, -0.05) is 12.1 Å². The van der Waals surface area contributed by atoms with Gasteiger partial charge in [0.1, 0.15) is 12.4 Å². The van der Waals surface area contributed by atoms with Crippen molar-refractivity contribution < 1.29 is 18.9 Å². The second-order valence-electron chi connectivity index (χ2n) is 7.71. The molecular weight excluding hydrogens is 535 g/mol. The molecule has 180 valence electrons. The first-order chi connectivity index (χ1) is 15.8. The van der Waals surface area contributed by atoms with Crippen LogP contribution in [0, 0.1) is 0 Å². The van der Waals surface area contributed by atoms with Gasteiger partial charge in [-0.15, -0.1) is 24.0 Å². The van der Waals surface area contributed by atoms with Crippen molar-refractivity contribution in [2.45, 2.75) is 13.0 Å². The fourth-order valence-electron chi connectivity index (χ4n) is 3.61. The number of nitrogens with zero attached hydrogens (tertiary/aromatic N) is 2. The number of halogens is 1. The van der Waals surface area contributed by atoms with Crippen molar-refractivity contribution in [1.82, 2.24) is 10.2 Å². The molecule has 2 aliphatic rings. The van der Waals surface area contributed by atoms with Crippen LogP contribution in [0.4, 0.5) is 5.69 Å². The summed E-state index contributed by atoms with van der Waals surface area (Å²) >= 11 is 0. The Morgan fingerprint density at radius 3 is 2.67 bits per heavy atom. The first-order valence-electron chi connectivity index (χ1n) is 11.2. The second-order valence-corrected chi connectivity index (χ2v) is 7.71. The van der Waals surface area contributed by atoms with Crippen molar-refractivity contribution in [2.75, 3.05) is 65.0 Å². The zero-order valence-corrected chi connectivity index (χ0v) is 21.4. The third-order valence-corrected chi connectivity index (χ3v) is 5.37. The van der Waals surface area contributed by atoms with Crippen molar-refractivity contribution in [2.24, 2.45) is 4.99 Å². The monoisotopic (exact) mass is 568 g/mol. The van der Waals surface area contributed by atoms with Gasteiger partial charge in [-0.2, -0.15) is 0 Å². The van der Waals surface area contributed by atoms with E-state index in [0.717, 1.165) is 67.8 Å². The molecular formula is C24H33IN4O4. The van der Waals surface area contributed by atoms with E-state index in [1.807, 2.05) is 30.3 Å². The summed E-state index contributed by atoms with van der Waals surface area (Å²) < 4.78 is 22.8. The van der Waals surface area contributed by atoms with Crippen molar-refractivity contribution in [1.29, 1.82) is 0 Å². The van der Waals surface area contributed by atoms with Gasteiger partial charge < -0.3 is 29.6 Å². The number of rotatable bonds is 7. The zero-order valence-electron chi connectivity index (χ0n) is 19.0. The molecule has 0 bridgehead atoms. The van der Waals surface area contributed by atoms with Crippen molar-refractivity contribution >= 4 is 35.6 Å². The van der Waals surface area contributed by atoms with Crippen LogP contribution in [0.5, 0.6) is 17.2 Å². The van der Waals surface area contributed by atoms with Gasteiger partial charge >= 0.3 is 0 Å². The fraction of sp³-hybridized carbons (Fsp3) is 0.458. The highest BCUT2D eigenvalue weighted by Crippen LogP contribution is 2.32. The Kier molecular flexibility index (Phi) is 10.4. The smallest absolute Gasteiger partial charge is 0.195 e. The van der Waals surface area contributed by atoms with Crippen molar-refractivity contribution in [3.8, 4) is 17.2 Å². The first kappa shape index (κ1) is 25.4. The molecule has 0 atom stereocenters. The van der Waals surface area contributed by atoms with Crippen LogP contribution >= 0.6 is 24.0 Å². The Morgan fingerprint density at radius 2 is 1.85 bits per heavy atom. The maximum Gasteiger partial charge on any atom is 0.195 e. The minimum absolute atomic E-state index is 0. The van der Waals surface area contributed by atoms with Gasteiger partial charge in [-0.3, -0.25) is 9.89 Å². The van der Waals surface area contributed by atoms with Crippen LogP contribution in [0.2, 0.25) is 0 Å². The Labute approximate surface area is 212 Å². The van der Waals surface area contributed by atoms with Crippen LogP contribution in [0.3, 0.4) is 0 Å². The number of fused-ring (bicyclic) bond motifs is 1. The molecule has 0 spiro atoms. The van der Waals surface area contributed by atoms with Gasteiger partial charge in [-0.05, 0) is 29.8 Å². The molecule has 9 heteroatoms. The summed E-state index contributed by atoms with van der Waals surface area (Å²) in [5.74, 6) is 3.09. The van der Waals surface area contributed by atoms with E-state index in [-0.39, 0.29) is 24.0 Å². The molecule has 0 unspecified atom stereocenters. The Hall–Kier alpha value is -2.24. The highest BCUT2D eigenvalue weighted by molar-refractivity contribution is 14.0. The third-order valence-electron chi connectivity index (χ3n) is 5.37. The molecule has 0 amide bonds. The maximum atomic E-state index is 5.96. The SMILES string of the molecule is CN=C(NCc1cccc(OCCN2CCOCC2)c1)Nc1ccc2c(c1)OCCCO2.I. The van der Waals surface area contributed by atoms with E-state index in [1.165, 1.54) is 0 Å². The lowest BCUT2D eigenvalue weighted by Gasteiger charge is -2.26. The molecule has 33 heavy (non-hydrogen) atoms. The van der Waals surface area contributed by atoms with Gasteiger partial charge in [0.05, 0.1) is 26.4 Å². The van der Waals surface area contributed by atoms with E-state index in [2.05, 4.69) is 32.7 Å². The molecule has 1 fully saturated rings. The summed E-state index contributed by atoms with van der Waals surface area (Å²) in [6.45, 7) is 7.12. The minimum Gasteiger partial charge on any atom is -0.492 e. The molecule has 0 aliphatic carbocycles. The molecule has 0 saturated carbocycles. The lowest BCUT2D eigenvalue weighted by Crippen LogP contribution is -2.38. The summed E-state index contributed by atoms with van der Waals surface area (Å²) in [4.78, 5) is 6.69. The lowest BCUT2D eigenvalue weighted by atomic mass is 10.2. The molecule has 2 aromatic carbocycles. The number of nitrogens with one attached hydrogen (secondary N) is 2. The van der Waals surface area contributed by atoms with Crippen LogP contribution in [0.25, 0.3) is 0 Å². The third kappa shape index (κ3) is 7.94. The van der Waals surface area contributed by atoms with Crippen LogP contribution in [-0.2, 0) is 11.3 Å². The average Bonchev–Trinajstić information content (AvgIpc) is 3.08. The molecule has 0 radical (unpaired) electrons. The molecule has 2 N–H and O–H groups in total. The van der Waals surface area contributed by atoms with E-state index < -0.39 is 0 Å². The van der Waals surface area contributed by atoms with Crippen LogP contribution < -0.4 is 24.8 Å². The van der Waals surface area contributed by atoms with Gasteiger partial charge in [0.25, 0.3) is 0 Å². The van der Waals surface area contributed by atoms with Gasteiger partial charge in [0.2, 0.25) is 0 Å². The normalized spacial score (nSPS) is 16.3. The molecule has 1 saturated heterocycles. The quantitative estimate of drug-likeness (QED) is 0.302. The van der Waals surface area contributed by atoms with Crippen molar-refractivity contribution in [3.63, 3.8) is 0 Å². The molecule has 0 aromatic heterocycles. The Bertz CT molecular complexity index is 906. The highest BCUT2D eigenvalue weighted by atomic mass is 127. The largest absolute Gasteiger partial charge is 0.492 e. The van der Waals surface area contributed by atoms with Gasteiger partial charge in [0.15, 0.2) is 17.5 Å². The van der Waals surface area contributed by atoms with Crippen molar-refractivity contribution in [3.05, 3.63) is 48.0 Å². The fourth-order valence-corrected chi connectivity index (χ4v) is 3.61. The molecule has 2 aliphatic heterocycles. The Balaban J connectivity index is 0.00000306. The number of hydrogen-bond acceptors (Lipinski definition) is 6. The van der Waals surface area contributed by atoms with Crippen LogP contribution in [-0.4, -0.2) is 70.6 Å². The topological polar surface area (TPSA) is 76.6 Å².